The van der Waals surface area contributed by atoms with Crippen LogP contribution < -0.4 is 5.14 Å². The lowest BCUT2D eigenvalue weighted by Gasteiger charge is -2.15. The maximum absolute atomic E-state index is 11.0. The molecule has 4 nitrogen and oxygen atoms in total. The molecule has 2 rings (SSSR count). The molecule has 0 fully saturated rings. The van der Waals surface area contributed by atoms with Crippen molar-refractivity contribution >= 4 is 33.1 Å². The Kier molecular flexibility index (Phi) is 2.61. The van der Waals surface area contributed by atoms with Gasteiger partial charge in [0.1, 0.15) is 4.21 Å². The maximum Gasteiger partial charge on any atom is 0.247 e. The Morgan fingerprint density at radius 3 is 2.93 bits per heavy atom. The first-order valence-corrected chi connectivity index (χ1v) is 7.28. The molecule has 1 aliphatic heterocycles. The number of hydrogen-bond donors (Lipinski definition) is 2. The van der Waals surface area contributed by atoms with Crippen LogP contribution in [0.15, 0.2) is 14.5 Å². The van der Waals surface area contributed by atoms with Crippen molar-refractivity contribution in [3.63, 3.8) is 0 Å². The number of fused-ring (bicyclic) bond motifs is 1. The third kappa shape index (κ3) is 1.96. The SMILES string of the molecule is NS(=O)(=O)c1cc2c(s1)SCC(O)C2. The van der Waals surface area contributed by atoms with E-state index < -0.39 is 10.0 Å². The summed E-state index contributed by atoms with van der Waals surface area (Å²) in [5, 5.41) is 14.4. The minimum absolute atomic E-state index is 0.184. The van der Waals surface area contributed by atoms with Crippen molar-refractivity contribution in [2.75, 3.05) is 5.75 Å². The fourth-order valence-electron chi connectivity index (χ4n) is 1.28. The molecule has 78 valence electrons. The fraction of sp³-hybridized carbons (Fsp3) is 0.429. The van der Waals surface area contributed by atoms with Crippen molar-refractivity contribution in [2.24, 2.45) is 5.14 Å². The van der Waals surface area contributed by atoms with E-state index in [1.807, 2.05) is 0 Å². The monoisotopic (exact) mass is 251 g/mol. The number of thioether (sulfide) groups is 1. The van der Waals surface area contributed by atoms with Crippen molar-refractivity contribution in [3.05, 3.63) is 11.6 Å². The second kappa shape index (κ2) is 3.49. The average molecular weight is 251 g/mol. The van der Waals surface area contributed by atoms with Crippen molar-refractivity contribution in [1.82, 2.24) is 0 Å². The molecular weight excluding hydrogens is 242 g/mol. The van der Waals surface area contributed by atoms with E-state index in [4.69, 9.17) is 5.14 Å². The Balaban J connectivity index is 2.42. The van der Waals surface area contributed by atoms with Gasteiger partial charge < -0.3 is 5.11 Å². The number of primary sulfonamides is 1. The van der Waals surface area contributed by atoms with E-state index in [1.54, 1.807) is 6.07 Å². The van der Waals surface area contributed by atoms with Crippen LogP contribution in [0.3, 0.4) is 0 Å². The third-order valence-electron chi connectivity index (χ3n) is 1.89. The van der Waals surface area contributed by atoms with Crippen LogP contribution in [0.2, 0.25) is 0 Å². The summed E-state index contributed by atoms with van der Waals surface area (Å²) < 4.78 is 23.2. The lowest BCUT2D eigenvalue weighted by Crippen LogP contribution is -2.16. The molecule has 0 aromatic carbocycles. The zero-order valence-corrected chi connectivity index (χ0v) is 9.58. The van der Waals surface area contributed by atoms with Gasteiger partial charge in [-0.05, 0) is 11.6 Å². The molecule has 1 atom stereocenters. The first kappa shape index (κ1) is 10.4. The number of rotatable bonds is 1. The van der Waals surface area contributed by atoms with Crippen molar-refractivity contribution in [3.8, 4) is 0 Å². The highest BCUT2D eigenvalue weighted by atomic mass is 32.3. The number of aliphatic hydroxyl groups excluding tert-OH is 1. The van der Waals surface area contributed by atoms with Gasteiger partial charge in [0.05, 0.1) is 10.3 Å². The second-order valence-electron chi connectivity index (χ2n) is 3.09. The summed E-state index contributed by atoms with van der Waals surface area (Å²) in [4.78, 5) is 0. The molecule has 0 amide bonds. The van der Waals surface area contributed by atoms with Gasteiger partial charge in [0.2, 0.25) is 10.0 Å². The summed E-state index contributed by atoms with van der Waals surface area (Å²) >= 11 is 2.67. The Labute approximate surface area is 90.2 Å². The summed E-state index contributed by atoms with van der Waals surface area (Å²) in [7, 11) is -3.59. The van der Waals surface area contributed by atoms with Gasteiger partial charge in [-0.25, -0.2) is 13.6 Å². The highest BCUT2D eigenvalue weighted by molar-refractivity contribution is 8.01. The second-order valence-corrected chi connectivity index (χ2v) is 7.22. The minimum atomic E-state index is -3.59. The van der Waals surface area contributed by atoms with E-state index in [9.17, 15) is 13.5 Å². The van der Waals surface area contributed by atoms with E-state index >= 15 is 0 Å². The molecule has 1 aromatic rings. The Hall–Kier alpha value is -0.0800. The largest absolute Gasteiger partial charge is 0.392 e. The summed E-state index contributed by atoms with van der Waals surface area (Å²) in [6.45, 7) is 0. The first-order valence-electron chi connectivity index (χ1n) is 3.93. The standard InChI is InChI=1S/C7H9NO3S3/c8-14(10,11)6-2-4-1-5(9)3-12-7(4)13-6/h2,5,9H,1,3H2,(H2,8,10,11). The lowest BCUT2D eigenvalue weighted by atomic mass is 10.2. The summed E-state index contributed by atoms with van der Waals surface area (Å²) in [5.74, 6) is 0.623. The number of nitrogens with two attached hydrogens (primary N) is 1. The molecule has 0 aliphatic carbocycles. The van der Waals surface area contributed by atoms with Crippen LogP contribution in [-0.4, -0.2) is 25.4 Å². The van der Waals surface area contributed by atoms with Gasteiger partial charge >= 0.3 is 0 Å². The van der Waals surface area contributed by atoms with Crippen molar-refractivity contribution in [2.45, 2.75) is 20.9 Å². The maximum atomic E-state index is 11.0. The summed E-state index contributed by atoms with van der Waals surface area (Å²) in [6.07, 6.45) is 0.143. The molecule has 0 saturated heterocycles. The van der Waals surface area contributed by atoms with Gasteiger partial charge in [0.25, 0.3) is 0 Å². The van der Waals surface area contributed by atoms with E-state index in [2.05, 4.69) is 0 Å². The molecule has 0 radical (unpaired) electrons. The van der Waals surface area contributed by atoms with Gasteiger partial charge in [-0.3, -0.25) is 0 Å². The van der Waals surface area contributed by atoms with E-state index in [-0.39, 0.29) is 10.3 Å². The predicted octanol–water partition coefficient (Wildman–Crippen LogP) is 0.405. The van der Waals surface area contributed by atoms with Gasteiger partial charge in [0.15, 0.2) is 0 Å². The smallest absolute Gasteiger partial charge is 0.247 e. The molecule has 7 heteroatoms. The third-order valence-corrected chi connectivity index (χ3v) is 5.96. The molecule has 1 aliphatic rings. The topological polar surface area (TPSA) is 80.4 Å². The molecule has 0 saturated carbocycles. The minimum Gasteiger partial charge on any atom is -0.392 e. The predicted molar refractivity (Wildman–Crippen MR) is 56.1 cm³/mol. The zero-order valence-electron chi connectivity index (χ0n) is 7.13. The Morgan fingerprint density at radius 2 is 2.29 bits per heavy atom. The Morgan fingerprint density at radius 1 is 1.57 bits per heavy atom. The molecule has 1 aromatic heterocycles. The van der Waals surface area contributed by atoms with Gasteiger partial charge in [-0.15, -0.1) is 23.1 Å². The van der Waals surface area contributed by atoms with Crippen LogP contribution >= 0.6 is 23.1 Å². The molecule has 14 heavy (non-hydrogen) atoms. The quantitative estimate of drug-likeness (QED) is 0.757. The summed E-state index contributed by atoms with van der Waals surface area (Å²) in [5.41, 5.74) is 0.891. The van der Waals surface area contributed by atoms with Crippen LogP contribution in [0.25, 0.3) is 0 Å². The zero-order chi connectivity index (χ0) is 10.3. The van der Waals surface area contributed by atoms with E-state index in [0.29, 0.717) is 12.2 Å². The van der Waals surface area contributed by atoms with Crippen LogP contribution in [0.1, 0.15) is 5.56 Å². The first-order chi connectivity index (χ1) is 6.47. The van der Waals surface area contributed by atoms with Crippen LogP contribution in [0.4, 0.5) is 0 Å². The molecule has 3 N–H and O–H groups in total. The number of hydrogen-bond acceptors (Lipinski definition) is 5. The van der Waals surface area contributed by atoms with Gasteiger partial charge in [0, 0.05) is 12.2 Å². The van der Waals surface area contributed by atoms with Crippen LogP contribution in [0.5, 0.6) is 0 Å². The summed E-state index contributed by atoms with van der Waals surface area (Å²) in [6, 6.07) is 1.56. The number of thiophene rings is 1. The fourth-order valence-corrected chi connectivity index (χ4v) is 4.61. The molecule has 2 heterocycles. The molecule has 1 unspecified atom stereocenters. The van der Waals surface area contributed by atoms with Crippen molar-refractivity contribution < 1.29 is 13.5 Å². The van der Waals surface area contributed by atoms with E-state index in [0.717, 1.165) is 9.77 Å². The Bertz CT molecular complexity index is 451. The number of sulfonamides is 1. The number of aliphatic hydroxyl groups is 1. The highest BCUT2D eigenvalue weighted by Gasteiger charge is 2.23. The normalized spacial score (nSPS) is 22.0. The van der Waals surface area contributed by atoms with Crippen LogP contribution in [0, 0.1) is 0 Å². The average Bonchev–Trinajstić information content (AvgIpc) is 2.45. The highest BCUT2D eigenvalue weighted by Crippen LogP contribution is 2.38. The van der Waals surface area contributed by atoms with E-state index in [1.165, 1.54) is 23.1 Å². The van der Waals surface area contributed by atoms with Gasteiger partial charge in [-0.1, -0.05) is 0 Å². The van der Waals surface area contributed by atoms with Crippen molar-refractivity contribution in [1.29, 1.82) is 0 Å². The molecular formula is C7H9NO3S3. The van der Waals surface area contributed by atoms with Crippen LogP contribution in [-0.2, 0) is 16.4 Å². The molecule has 0 bridgehead atoms. The lowest BCUT2D eigenvalue weighted by molar-refractivity contribution is 0.198. The molecule has 0 spiro atoms. The van der Waals surface area contributed by atoms with Gasteiger partial charge in [-0.2, -0.15) is 0 Å².